The lowest BCUT2D eigenvalue weighted by atomic mass is 10.1. The zero-order chi connectivity index (χ0) is 12.6. The lowest BCUT2D eigenvalue weighted by Crippen LogP contribution is -2.39. The number of nitrogens with two attached hydrogens (primary N) is 1. The van der Waals surface area contributed by atoms with E-state index in [4.69, 9.17) is 11.0 Å². The van der Waals surface area contributed by atoms with E-state index in [0.29, 0.717) is 0 Å². The Morgan fingerprint density at radius 2 is 2.24 bits per heavy atom. The van der Waals surface area contributed by atoms with E-state index in [0.717, 1.165) is 21.1 Å². The molecule has 0 aliphatic carbocycles. The Kier molecular flexibility index (Phi) is 2.89. The number of nitriles is 1. The molecule has 1 aromatic heterocycles. The van der Waals surface area contributed by atoms with E-state index >= 15 is 0 Å². The predicted octanol–water partition coefficient (Wildman–Crippen LogP) is 1.74. The van der Waals surface area contributed by atoms with Gasteiger partial charge in [-0.1, -0.05) is 15.9 Å². The lowest BCUT2D eigenvalue weighted by Gasteiger charge is -2.13. The van der Waals surface area contributed by atoms with E-state index in [2.05, 4.69) is 26.1 Å². The normalized spacial score (nSPS) is 14.5. The highest BCUT2D eigenvalue weighted by Crippen LogP contribution is 2.23. The Bertz CT molecular complexity index is 608. The molecule has 1 heterocycles. The SMILES string of the molecule is Cc1c(Br)ccc2nn(CC(C)(N)C#N)nc12. The molecule has 2 N–H and O–H groups in total. The summed E-state index contributed by atoms with van der Waals surface area (Å²) in [5.41, 5.74) is 7.47. The van der Waals surface area contributed by atoms with Crippen LogP contribution in [0.15, 0.2) is 16.6 Å². The molecular formula is C11H12BrN5. The smallest absolute Gasteiger partial charge is 0.122 e. The monoisotopic (exact) mass is 293 g/mol. The molecule has 0 radical (unpaired) electrons. The van der Waals surface area contributed by atoms with Crippen LogP contribution < -0.4 is 5.73 Å². The number of aryl methyl sites for hydroxylation is 1. The Labute approximate surface area is 107 Å². The van der Waals surface area contributed by atoms with E-state index in [1.54, 1.807) is 6.92 Å². The molecule has 0 saturated heterocycles. The summed E-state index contributed by atoms with van der Waals surface area (Å²) in [6, 6.07) is 5.85. The van der Waals surface area contributed by atoms with Crippen molar-refractivity contribution in [3.63, 3.8) is 0 Å². The van der Waals surface area contributed by atoms with Crippen LogP contribution in [0.25, 0.3) is 11.0 Å². The minimum atomic E-state index is -0.958. The molecule has 1 aromatic carbocycles. The molecule has 17 heavy (non-hydrogen) atoms. The van der Waals surface area contributed by atoms with Gasteiger partial charge >= 0.3 is 0 Å². The Morgan fingerprint density at radius 3 is 2.88 bits per heavy atom. The first-order chi connectivity index (χ1) is 7.93. The molecule has 0 aliphatic rings. The van der Waals surface area contributed by atoms with Crippen molar-refractivity contribution in [2.24, 2.45) is 5.73 Å². The van der Waals surface area contributed by atoms with Gasteiger partial charge in [-0.2, -0.15) is 20.3 Å². The van der Waals surface area contributed by atoms with Crippen molar-refractivity contribution in [2.75, 3.05) is 0 Å². The molecule has 0 spiro atoms. The molecule has 0 saturated carbocycles. The first kappa shape index (κ1) is 12.0. The van der Waals surface area contributed by atoms with Gasteiger partial charge in [0.25, 0.3) is 0 Å². The fourth-order valence-corrected chi connectivity index (χ4v) is 1.85. The van der Waals surface area contributed by atoms with Crippen molar-refractivity contribution in [1.29, 1.82) is 5.26 Å². The highest BCUT2D eigenvalue weighted by atomic mass is 79.9. The number of nitrogens with zero attached hydrogens (tertiary/aromatic N) is 4. The van der Waals surface area contributed by atoms with E-state index in [1.807, 2.05) is 25.1 Å². The van der Waals surface area contributed by atoms with Crippen molar-refractivity contribution in [1.82, 2.24) is 15.0 Å². The Morgan fingerprint density at radius 1 is 1.53 bits per heavy atom. The molecule has 0 aliphatic heterocycles. The van der Waals surface area contributed by atoms with Crippen LogP contribution in [0, 0.1) is 18.3 Å². The third kappa shape index (κ3) is 2.30. The lowest BCUT2D eigenvalue weighted by molar-refractivity contribution is 0.423. The van der Waals surface area contributed by atoms with Gasteiger partial charge in [0, 0.05) is 4.47 Å². The zero-order valence-corrected chi connectivity index (χ0v) is 11.2. The summed E-state index contributed by atoms with van der Waals surface area (Å²) in [5, 5.41) is 17.5. The summed E-state index contributed by atoms with van der Waals surface area (Å²) < 4.78 is 0.993. The second-order valence-electron chi connectivity index (χ2n) is 4.30. The van der Waals surface area contributed by atoms with Gasteiger partial charge in [-0.3, -0.25) is 0 Å². The van der Waals surface area contributed by atoms with Gasteiger partial charge in [-0.05, 0) is 31.5 Å². The number of hydrogen-bond acceptors (Lipinski definition) is 4. The highest BCUT2D eigenvalue weighted by molar-refractivity contribution is 9.10. The second-order valence-corrected chi connectivity index (χ2v) is 5.15. The summed E-state index contributed by atoms with van der Waals surface area (Å²) in [5.74, 6) is 0. The Balaban J connectivity index is 2.46. The first-order valence-electron chi connectivity index (χ1n) is 5.13. The van der Waals surface area contributed by atoms with Crippen molar-refractivity contribution in [3.8, 4) is 6.07 Å². The van der Waals surface area contributed by atoms with Crippen molar-refractivity contribution in [2.45, 2.75) is 25.9 Å². The van der Waals surface area contributed by atoms with Gasteiger partial charge < -0.3 is 5.73 Å². The second kappa shape index (κ2) is 4.09. The number of hydrogen-bond donors (Lipinski definition) is 1. The van der Waals surface area contributed by atoms with Gasteiger partial charge in [0.1, 0.15) is 16.6 Å². The number of rotatable bonds is 2. The maximum absolute atomic E-state index is 8.88. The molecule has 2 aromatic rings. The summed E-state index contributed by atoms with van der Waals surface area (Å²) in [6.45, 7) is 3.90. The average Bonchev–Trinajstić information content (AvgIpc) is 2.66. The van der Waals surface area contributed by atoms with Gasteiger partial charge in [0.2, 0.25) is 0 Å². The first-order valence-corrected chi connectivity index (χ1v) is 5.92. The van der Waals surface area contributed by atoms with Gasteiger partial charge in [0.15, 0.2) is 0 Å². The van der Waals surface area contributed by atoms with Crippen molar-refractivity contribution >= 4 is 27.0 Å². The molecule has 0 amide bonds. The molecule has 6 heteroatoms. The maximum Gasteiger partial charge on any atom is 0.122 e. The van der Waals surface area contributed by atoms with Crippen LogP contribution in [0.2, 0.25) is 0 Å². The van der Waals surface area contributed by atoms with Gasteiger partial charge in [-0.25, -0.2) is 0 Å². The minimum Gasteiger partial charge on any atom is -0.312 e. The van der Waals surface area contributed by atoms with Crippen molar-refractivity contribution in [3.05, 3.63) is 22.2 Å². The standard InChI is InChI=1S/C11H12BrN5/c1-7-8(12)3-4-9-10(7)16-17(15-9)6-11(2,14)5-13/h3-4H,6,14H2,1-2H3. The molecule has 0 bridgehead atoms. The average molecular weight is 294 g/mol. The van der Waals surface area contributed by atoms with E-state index in [9.17, 15) is 0 Å². The van der Waals surface area contributed by atoms with E-state index in [1.165, 1.54) is 4.80 Å². The van der Waals surface area contributed by atoms with Crippen LogP contribution in [-0.4, -0.2) is 20.5 Å². The topological polar surface area (TPSA) is 80.5 Å². The van der Waals surface area contributed by atoms with Crippen LogP contribution in [0.4, 0.5) is 0 Å². The third-order valence-electron chi connectivity index (χ3n) is 2.51. The summed E-state index contributed by atoms with van der Waals surface area (Å²) in [7, 11) is 0. The molecule has 5 nitrogen and oxygen atoms in total. The van der Waals surface area contributed by atoms with Gasteiger partial charge in [-0.15, -0.1) is 0 Å². The quantitative estimate of drug-likeness (QED) is 0.914. The molecule has 1 atom stereocenters. The van der Waals surface area contributed by atoms with Crippen LogP contribution in [0.1, 0.15) is 12.5 Å². The largest absolute Gasteiger partial charge is 0.312 e. The maximum atomic E-state index is 8.88. The molecule has 1 unspecified atom stereocenters. The zero-order valence-electron chi connectivity index (χ0n) is 9.61. The molecular weight excluding hydrogens is 282 g/mol. The third-order valence-corrected chi connectivity index (χ3v) is 3.37. The number of benzene rings is 1. The van der Waals surface area contributed by atoms with E-state index < -0.39 is 5.54 Å². The molecule has 0 fully saturated rings. The van der Waals surface area contributed by atoms with Crippen LogP contribution in [0.3, 0.4) is 0 Å². The highest BCUT2D eigenvalue weighted by Gasteiger charge is 2.20. The van der Waals surface area contributed by atoms with Crippen molar-refractivity contribution < 1.29 is 0 Å². The predicted molar refractivity (Wildman–Crippen MR) is 68.2 cm³/mol. The van der Waals surface area contributed by atoms with Gasteiger partial charge in [0.05, 0.1) is 12.6 Å². The summed E-state index contributed by atoms with van der Waals surface area (Å²) in [4.78, 5) is 1.48. The fourth-order valence-electron chi connectivity index (χ4n) is 1.53. The van der Waals surface area contributed by atoms with Crippen LogP contribution in [-0.2, 0) is 6.54 Å². The summed E-state index contributed by atoms with van der Waals surface area (Å²) in [6.07, 6.45) is 0. The number of halogens is 1. The number of aromatic nitrogens is 3. The van der Waals surface area contributed by atoms with Crippen LogP contribution in [0.5, 0.6) is 0 Å². The van der Waals surface area contributed by atoms with E-state index in [-0.39, 0.29) is 6.54 Å². The molecule has 2 rings (SSSR count). The van der Waals surface area contributed by atoms with Crippen LogP contribution >= 0.6 is 15.9 Å². The molecule has 88 valence electrons. The Hall–Kier alpha value is -1.45. The minimum absolute atomic E-state index is 0.273. The number of fused-ring (bicyclic) bond motifs is 1. The fraction of sp³-hybridized carbons (Fsp3) is 0.364. The summed E-state index contributed by atoms with van der Waals surface area (Å²) >= 11 is 3.45.